The zero-order valence-corrected chi connectivity index (χ0v) is 14.8. The number of piperazine rings is 1. The maximum atomic E-state index is 12.8. The minimum atomic E-state index is -1.12. The number of nitrogens with zero attached hydrogens (tertiary/aromatic N) is 3. The average Bonchev–Trinajstić information content (AvgIpc) is 2.73. The first-order valence-corrected chi connectivity index (χ1v) is 8.35. The molecule has 1 fully saturated rings. The third-order valence-corrected chi connectivity index (χ3v) is 4.61. The first-order valence-electron chi connectivity index (χ1n) is 8.35. The van der Waals surface area contributed by atoms with Crippen LogP contribution < -0.4 is 15.4 Å². The molecule has 2 aliphatic rings. The molecule has 2 heterocycles. The summed E-state index contributed by atoms with van der Waals surface area (Å²) in [5.74, 6) is -0.117. The minimum absolute atomic E-state index is 0.0871. The molecule has 3 amide bonds. The molecule has 1 atom stereocenters. The normalized spacial score (nSPS) is 20.8. The summed E-state index contributed by atoms with van der Waals surface area (Å²) in [6, 6.07) is 4.95. The van der Waals surface area contributed by atoms with Crippen LogP contribution in [0.15, 0.2) is 18.2 Å². The summed E-state index contributed by atoms with van der Waals surface area (Å²) in [6.07, 6.45) is -2.17. The van der Waals surface area contributed by atoms with E-state index >= 15 is 0 Å². The van der Waals surface area contributed by atoms with Crippen LogP contribution in [0.5, 0.6) is 5.75 Å². The van der Waals surface area contributed by atoms with E-state index in [0.717, 1.165) is 13.1 Å². The summed E-state index contributed by atoms with van der Waals surface area (Å²) in [6.45, 7) is 2.83. The molecule has 9 heteroatoms. The van der Waals surface area contributed by atoms with Crippen LogP contribution in [0.4, 0.5) is 10.5 Å². The van der Waals surface area contributed by atoms with Crippen molar-refractivity contribution in [3.05, 3.63) is 23.8 Å². The Morgan fingerprint density at radius 2 is 1.88 bits per heavy atom. The Balaban J connectivity index is 1.82. The molecule has 1 aromatic carbocycles. The van der Waals surface area contributed by atoms with Gasteiger partial charge in [-0.25, -0.2) is 4.79 Å². The number of hydrogen-bond donors (Lipinski definition) is 1. The van der Waals surface area contributed by atoms with E-state index in [1.165, 1.54) is 11.9 Å². The summed E-state index contributed by atoms with van der Waals surface area (Å²) in [5.41, 5.74) is 5.93. The lowest BCUT2D eigenvalue weighted by Gasteiger charge is -2.32. The number of ether oxygens (including phenoxy) is 2. The highest BCUT2D eigenvalue weighted by molar-refractivity contribution is 6.01. The van der Waals surface area contributed by atoms with E-state index in [4.69, 9.17) is 15.2 Å². The van der Waals surface area contributed by atoms with E-state index in [2.05, 4.69) is 4.90 Å². The number of anilines is 1. The number of rotatable bonds is 2. The molecule has 0 unspecified atom stereocenters. The summed E-state index contributed by atoms with van der Waals surface area (Å²) in [4.78, 5) is 41.5. The van der Waals surface area contributed by atoms with Crippen LogP contribution in [0.25, 0.3) is 0 Å². The van der Waals surface area contributed by atoms with Crippen molar-refractivity contribution in [3.63, 3.8) is 0 Å². The zero-order chi connectivity index (χ0) is 18.8. The SMILES string of the molecule is CN1CCN(C(=O)c2ccc3c(c2)N(C)C(=O)[C@@H](OC(N)=O)CO3)CC1. The number of amides is 3. The average molecular weight is 362 g/mol. The minimum Gasteiger partial charge on any atom is -0.487 e. The predicted molar refractivity (Wildman–Crippen MR) is 93.2 cm³/mol. The molecule has 0 saturated carbocycles. The number of likely N-dealkylation sites (N-methyl/N-ethyl adjacent to an activating group) is 2. The fourth-order valence-corrected chi connectivity index (χ4v) is 3.02. The number of hydrogen-bond acceptors (Lipinski definition) is 6. The number of fused-ring (bicyclic) bond motifs is 1. The monoisotopic (exact) mass is 362 g/mol. The second kappa shape index (κ2) is 7.20. The van der Waals surface area contributed by atoms with Crippen LogP contribution in [0.1, 0.15) is 10.4 Å². The molecule has 26 heavy (non-hydrogen) atoms. The molecular weight excluding hydrogens is 340 g/mol. The van der Waals surface area contributed by atoms with Gasteiger partial charge in [0, 0.05) is 38.8 Å². The Hall–Kier alpha value is -2.81. The molecule has 1 saturated heterocycles. The quantitative estimate of drug-likeness (QED) is 0.787. The Bertz CT molecular complexity index is 730. The van der Waals surface area contributed by atoms with Gasteiger partial charge in [-0.05, 0) is 25.2 Å². The highest BCUT2D eigenvalue weighted by Gasteiger charge is 2.32. The lowest BCUT2D eigenvalue weighted by Crippen LogP contribution is -2.47. The third-order valence-electron chi connectivity index (χ3n) is 4.61. The number of benzene rings is 1. The van der Waals surface area contributed by atoms with Crippen molar-refractivity contribution in [2.75, 3.05) is 51.8 Å². The van der Waals surface area contributed by atoms with Crippen molar-refractivity contribution in [3.8, 4) is 5.75 Å². The van der Waals surface area contributed by atoms with E-state index in [9.17, 15) is 14.4 Å². The number of nitrogens with two attached hydrogens (primary N) is 1. The molecular formula is C17H22N4O5. The van der Waals surface area contributed by atoms with Crippen LogP contribution in [0, 0.1) is 0 Å². The lowest BCUT2D eigenvalue weighted by atomic mass is 10.1. The number of carbonyl (C=O) groups is 3. The summed E-state index contributed by atoms with van der Waals surface area (Å²) >= 11 is 0. The fourth-order valence-electron chi connectivity index (χ4n) is 3.02. The second-order valence-electron chi connectivity index (χ2n) is 6.41. The highest BCUT2D eigenvalue weighted by Crippen LogP contribution is 2.32. The summed E-state index contributed by atoms with van der Waals surface area (Å²) in [7, 11) is 3.56. The Labute approximate surface area is 151 Å². The molecule has 0 aliphatic carbocycles. The van der Waals surface area contributed by atoms with Crippen molar-refractivity contribution < 1.29 is 23.9 Å². The zero-order valence-electron chi connectivity index (χ0n) is 14.8. The molecule has 1 aromatic rings. The smallest absolute Gasteiger partial charge is 0.405 e. The number of primary amides is 1. The molecule has 3 rings (SSSR count). The van der Waals surface area contributed by atoms with Gasteiger partial charge in [-0.2, -0.15) is 0 Å². The van der Waals surface area contributed by atoms with Gasteiger partial charge in [-0.1, -0.05) is 0 Å². The Morgan fingerprint density at radius 1 is 1.19 bits per heavy atom. The maximum absolute atomic E-state index is 12.8. The highest BCUT2D eigenvalue weighted by atomic mass is 16.6. The molecule has 0 aromatic heterocycles. The Kier molecular flexibility index (Phi) is 4.99. The van der Waals surface area contributed by atoms with E-state index < -0.39 is 18.1 Å². The molecule has 0 spiro atoms. The van der Waals surface area contributed by atoms with Crippen LogP contribution in [0.2, 0.25) is 0 Å². The lowest BCUT2D eigenvalue weighted by molar-refractivity contribution is -0.127. The molecule has 2 N–H and O–H groups in total. The van der Waals surface area contributed by atoms with E-state index in [-0.39, 0.29) is 12.5 Å². The van der Waals surface area contributed by atoms with Gasteiger partial charge in [-0.3, -0.25) is 9.59 Å². The Morgan fingerprint density at radius 3 is 2.54 bits per heavy atom. The van der Waals surface area contributed by atoms with Crippen molar-refractivity contribution in [2.45, 2.75) is 6.10 Å². The third kappa shape index (κ3) is 3.57. The van der Waals surface area contributed by atoms with Crippen molar-refractivity contribution in [2.24, 2.45) is 5.73 Å². The molecule has 2 aliphatic heterocycles. The van der Waals surface area contributed by atoms with Gasteiger partial charge in [0.25, 0.3) is 11.8 Å². The fraction of sp³-hybridized carbons (Fsp3) is 0.471. The molecule has 0 radical (unpaired) electrons. The molecule has 0 bridgehead atoms. The second-order valence-corrected chi connectivity index (χ2v) is 6.41. The van der Waals surface area contributed by atoms with Crippen LogP contribution in [-0.4, -0.2) is 80.7 Å². The van der Waals surface area contributed by atoms with E-state index in [1.807, 2.05) is 7.05 Å². The van der Waals surface area contributed by atoms with Crippen LogP contribution in [0.3, 0.4) is 0 Å². The van der Waals surface area contributed by atoms with Crippen LogP contribution >= 0.6 is 0 Å². The topological polar surface area (TPSA) is 105 Å². The largest absolute Gasteiger partial charge is 0.487 e. The van der Waals surface area contributed by atoms with E-state index in [0.29, 0.717) is 30.1 Å². The standard InChI is InChI=1S/C17H22N4O5/c1-19-5-7-21(8-6-19)15(22)11-3-4-13-12(9-11)20(2)16(23)14(10-25-13)26-17(18)24/h3-4,9,14H,5-8,10H2,1-2H3,(H2,18,24)/t14-/m0/s1. The van der Waals surface area contributed by atoms with Crippen LogP contribution in [-0.2, 0) is 9.53 Å². The van der Waals surface area contributed by atoms with Gasteiger partial charge in [0.1, 0.15) is 12.4 Å². The van der Waals surface area contributed by atoms with Gasteiger partial charge >= 0.3 is 6.09 Å². The molecule has 140 valence electrons. The van der Waals surface area contributed by atoms with Crippen molar-refractivity contribution >= 4 is 23.6 Å². The first kappa shape index (κ1) is 18.0. The van der Waals surface area contributed by atoms with Gasteiger partial charge in [0.05, 0.1) is 5.69 Å². The van der Waals surface area contributed by atoms with Gasteiger partial charge < -0.3 is 29.9 Å². The van der Waals surface area contributed by atoms with Gasteiger partial charge in [-0.15, -0.1) is 0 Å². The van der Waals surface area contributed by atoms with Crippen molar-refractivity contribution in [1.82, 2.24) is 9.80 Å². The van der Waals surface area contributed by atoms with Gasteiger partial charge in [0.2, 0.25) is 6.10 Å². The van der Waals surface area contributed by atoms with Gasteiger partial charge in [0.15, 0.2) is 0 Å². The maximum Gasteiger partial charge on any atom is 0.405 e. The molecule has 9 nitrogen and oxygen atoms in total. The summed E-state index contributed by atoms with van der Waals surface area (Å²) < 4.78 is 10.4. The van der Waals surface area contributed by atoms with Crippen molar-refractivity contribution in [1.29, 1.82) is 0 Å². The first-order chi connectivity index (χ1) is 12.4. The predicted octanol–water partition coefficient (Wildman–Crippen LogP) is -0.107. The number of carbonyl (C=O) groups excluding carboxylic acids is 3. The summed E-state index contributed by atoms with van der Waals surface area (Å²) in [5, 5.41) is 0. The van der Waals surface area contributed by atoms with E-state index in [1.54, 1.807) is 23.1 Å².